The number of rotatable bonds is 6. The van der Waals surface area contributed by atoms with Crippen molar-refractivity contribution < 1.29 is 29.1 Å². The Hall–Kier alpha value is -3.72. The van der Waals surface area contributed by atoms with E-state index in [1.54, 1.807) is 30.3 Å². The Kier molecular flexibility index (Phi) is 5.91. The molecule has 166 valence electrons. The first-order valence-corrected chi connectivity index (χ1v) is 10.2. The number of hydrogen-bond acceptors (Lipinski definition) is 7. The largest absolute Gasteiger partial charge is 0.507 e. The Morgan fingerprint density at radius 3 is 2.62 bits per heavy atom. The number of benzene rings is 2. The summed E-state index contributed by atoms with van der Waals surface area (Å²) in [5.74, 6) is -1.40. The number of non-ortho nitro benzene ring substituents is 1. The lowest BCUT2D eigenvalue weighted by molar-refractivity contribution is -0.384. The van der Waals surface area contributed by atoms with Gasteiger partial charge in [-0.3, -0.25) is 19.7 Å². The molecule has 0 unspecified atom stereocenters. The quantitative estimate of drug-likeness (QED) is 0.242. The molecule has 2 aliphatic rings. The molecule has 0 saturated carbocycles. The fourth-order valence-corrected chi connectivity index (χ4v) is 4.14. The Morgan fingerprint density at radius 1 is 1.25 bits per heavy atom. The van der Waals surface area contributed by atoms with E-state index in [4.69, 9.17) is 9.47 Å². The van der Waals surface area contributed by atoms with Crippen LogP contribution in [0.1, 0.15) is 30.0 Å². The molecule has 0 aliphatic carbocycles. The van der Waals surface area contributed by atoms with Gasteiger partial charge in [-0.25, -0.2) is 0 Å². The number of methoxy groups -OCH3 is 1. The summed E-state index contributed by atoms with van der Waals surface area (Å²) in [5, 5.41) is 22.4. The highest BCUT2D eigenvalue weighted by Crippen LogP contribution is 2.41. The van der Waals surface area contributed by atoms with Crippen LogP contribution >= 0.6 is 0 Å². The highest BCUT2D eigenvalue weighted by Gasteiger charge is 2.47. The van der Waals surface area contributed by atoms with Crippen LogP contribution in [0.3, 0.4) is 0 Å². The summed E-state index contributed by atoms with van der Waals surface area (Å²) < 4.78 is 10.8. The summed E-state index contributed by atoms with van der Waals surface area (Å²) in [6, 6.07) is 11.2. The van der Waals surface area contributed by atoms with Crippen LogP contribution in [0, 0.1) is 10.1 Å². The molecule has 1 N–H and O–H groups in total. The molecule has 0 bridgehead atoms. The summed E-state index contributed by atoms with van der Waals surface area (Å²) in [4.78, 5) is 38.1. The van der Waals surface area contributed by atoms with Gasteiger partial charge >= 0.3 is 0 Å². The fourth-order valence-electron chi connectivity index (χ4n) is 4.14. The van der Waals surface area contributed by atoms with Crippen molar-refractivity contribution >= 4 is 23.1 Å². The summed E-state index contributed by atoms with van der Waals surface area (Å²) in [6.45, 7) is 0.721. The van der Waals surface area contributed by atoms with Gasteiger partial charge in [0.25, 0.3) is 17.4 Å². The van der Waals surface area contributed by atoms with Crippen molar-refractivity contribution in [3.8, 4) is 5.75 Å². The van der Waals surface area contributed by atoms with Gasteiger partial charge in [0, 0.05) is 30.8 Å². The molecule has 9 nitrogen and oxygen atoms in total. The summed E-state index contributed by atoms with van der Waals surface area (Å²) in [7, 11) is 1.51. The van der Waals surface area contributed by atoms with Gasteiger partial charge in [0.15, 0.2) is 0 Å². The Morgan fingerprint density at radius 2 is 2.00 bits per heavy atom. The third-order valence-corrected chi connectivity index (χ3v) is 5.72. The molecule has 0 aromatic heterocycles. The molecule has 9 heteroatoms. The van der Waals surface area contributed by atoms with Gasteiger partial charge < -0.3 is 19.5 Å². The number of aliphatic hydroxyl groups excluding tert-OH is 1. The molecule has 32 heavy (non-hydrogen) atoms. The lowest BCUT2D eigenvalue weighted by atomic mass is 9.95. The molecule has 2 aromatic carbocycles. The number of hydrogen-bond donors (Lipinski definition) is 1. The van der Waals surface area contributed by atoms with Crippen molar-refractivity contribution in [3.63, 3.8) is 0 Å². The molecule has 1 amide bonds. The zero-order chi connectivity index (χ0) is 22.8. The highest BCUT2D eigenvalue weighted by atomic mass is 16.6. The van der Waals surface area contributed by atoms with Crippen LogP contribution in [0.25, 0.3) is 5.76 Å². The second-order valence-corrected chi connectivity index (χ2v) is 7.67. The number of likely N-dealkylation sites (tertiary alicyclic amines) is 1. The van der Waals surface area contributed by atoms with Gasteiger partial charge in [-0.05, 0) is 42.7 Å². The Balaban J connectivity index is 1.83. The number of ether oxygens (including phenoxy) is 2. The van der Waals surface area contributed by atoms with Crippen LogP contribution in [-0.2, 0) is 14.3 Å². The maximum absolute atomic E-state index is 13.0. The van der Waals surface area contributed by atoms with E-state index in [-0.39, 0.29) is 29.7 Å². The van der Waals surface area contributed by atoms with Crippen LogP contribution in [0.4, 0.5) is 5.69 Å². The maximum Gasteiger partial charge on any atom is 0.295 e. The van der Waals surface area contributed by atoms with E-state index >= 15 is 0 Å². The smallest absolute Gasteiger partial charge is 0.295 e. The molecule has 2 saturated heterocycles. The number of ketones is 1. The van der Waals surface area contributed by atoms with Crippen LogP contribution in [-0.4, -0.2) is 53.0 Å². The zero-order valence-corrected chi connectivity index (χ0v) is 17.4. The molecule has 2 aromatic rings. The standard InChI is InChI=1S/C23H22N2O7/c1-31-17-9-7-14(8-10-17)21(26)19-20(15-4-2-5-16(12-15)25(29)30)24(23(28)22(19)27)13-18-6-3-11-32-18/h2,4-5,7-10,12,18,20,26H,3,6,11,13H2,1H3/b21-19+/t18-,20-/m1/s1. The first kappa shape index (κ1) is 21.5. The van der Waals surface area contributed by atoms with Crippen molar-refractivity contribution in [2.24, 2.45) is 0 Å². The molecule has 2 heterocycles. The molecular weight excluding hydrogens is 416 g/mol. The number of carbonyl (C=O) groups is 2. The zero-order valence-electron chi connectivity index (χ0n) is 17.4. The minimum absolute atomic E-state index is 0.112. The molecule has 2 aliphatic heterocycles. The molecule has 0 spiro atoms. The number of nitro benzene ring substituents is 1. The first-order chi connectivity index (χ1) is 15.4. The monoisotopic (exact) mass is 438 g/mol. The molecule has 0 radical (unpaired) electrons. The molecule has 2 fully saturated rings. The van der Waals surface area contributed by atoms with Gasteiger partial charge in [0.05, 0.1) is 29.8 Å². The summed E-state index contributed by atoms with van der Waals surface area (Å²) in [5.41, 5.74) is 0.413. The van der Waals surface area contributed by atoms with Gasteiger partial charge in [-0.2, -0.15) is 0 Å². The van der Waals surface area contributed by atoms with Crippen molar-refractivity contribution in [3.05, 3.63) is 75.3 Å². The van der Waals surface area contributed by atoms with Crippen LogP contribution in [0.2, 0.25) is 0 Å². The predicted octanol–water partition coefficient (Wildman–Crippen LogP) is 3.20. The van der Waals surface area contributed by atoms with Crippen molar-refractivity contribution in [2.75, 3.05) is 20.3 Å². The number of carbonyl (C=O) groups excluding carboxylic acids is 2. The summed E-state index contributed by atoms with van der Waals surface area (Å²) in [6.07, 6.45) is 1.35. The average Bonchev–Trinajstić information content (AvgIpc) is 3.41. The first-order valence-electron chi connectivity index (χ1n) is 10.2. The maximum atomic E-state index is 13.0. The second-order valence-electron chi connectivity index (χ2n) is 7.67. The van der Waals surface area contributed by atoms with Gasteiger partial charge in [0.2, 0.25) is 0 Å². The minimum Gasteiger partial charge on any atom is -0.507 e. The Bertz CT molecular complexity index is 1090. The second kappa shape index (κ2) is 8.80. The van der Waals surface area contributed by atoms with E-state index < -0.39 is 22.7 Å². The highest BCUT2D eigenvalue weighted by molar-refractivity contribution is 6.46. The van der Waals surface area contributed by atoms with E-state index in [1.165, 1.54) is 30.2 Å². The summed E-state index contributed by atoms with van der Waals surface area (Å²) >= 11 is 0. The SMILES string of the molecule is COc1ccc(/C(O)=C2\C(=O)C(=O)N(C[C@H]3CCCO3)[C@@H]2c2cccc([N+](=O)[O-])c2)cc1. The van der Waals surface area contributed by atoms with Crippen LogP contribution in [0.15, 0.2) is 54.1 Å². The van der Waals surface area contributed by atoms with E-state index in [1.807, 2.05) is 0 Å². The lowest BCUT2D eigenvalue weighted by Gasteiger charge is -2.27. The van der Waals surface area contributed by atoms with Crippen LogP contribution < -0.4 is 4.74 Å². The van der Waals surface area contributed by atoms with Crippen molar-refractivity contribution in [1.29, 1.82) is 0 Å². The van der Waals surface area contributed by atoms with Crippen molar-refractivity contribution in [1.82, 2.24) is 4.90 Å². The van der Waals surface area contributed by atoms with Gasteiger partial charge in [-0.15, -0.1) is 0 Å². The van der Waals surface area contributed by atoms with Crippen molar-refractivity contribution in [2.45, 2.75) is 25.0 Å². The number of Topliss-reactive ketones (excluding diaryl/α,β-unsaturated/α-hetero) is 1. The van der Waals surface area contributed by atoms with E-state index in [2.05, 4.69) is 0 Å². The van der Waals surface area contributed by atoms with Crippen LogP contribution in [0.5, 0.6) is 5.75 Å². The Labute approximate surface area is 184 Å². The number of nitrogens with zero attached hydrogens (tertiary/aromatic N) is 2. The van der Waals surface area contributed by atoms with E-state index in [0.717, 1.165) is 12.8 Å². The average molecular weight is 438 g/mol. The minimum atomic E-state index is -0.971. The van der Waals surface area contributed by atoms with Gasteiger partial charge in [0.1, 0.15) is 11.5 Å². The number of aliphatic hydroxyl groups is 1. The third-order valence-electron chi connectivity index (χ3n) is 5.72. The van der Waals surface area contributed by atoms with E-state index in [9.17, 15) is 24.8 Å². The topological polar surface area (TPSA) is 119 Å². The normalized spacial score (nSPS) is 22.3. The molecule has 2 atom stereocenters. The number of amides is 1. The lowest BCUT2D eigenvalue weighted by Crippen LogP contribution is -2.36. The predicted molar refractivity (Wildman–Crippen MR) is 114 cm³/mol. The molecule has 4 rings (SSSR count). The van der Waals surface area contributed by atoms with E-state index in [0.29, 0.717) is 23.5 Å². The number of nitro groups is 1. The molecular formula is C23H22N2O7. The third kappa shape index (κ3) is 3.94. The van der Waals surface area contributed by atoms with Gasteiger partial charge in [-0.1, -0.05) is 12.1 Å². The fraction of sp³-hybridized carbons (Fsp3) is 0.304.